The smallest absolute Gasteiger partial charge is 0.407 e. The highest BCUT2D eigenvalue weighted by Gasteiger charge is 2.59. The molecule has 5 aliphatic rings. The summed E-state index contributed by atoms with van der Waals surface area (Å²) in [5.41, 5.74) is -0.638. The molecule has 5 fully saturated rings. The van der Waals surface area contributed by atoms with Crippen LogP contribution in [0, 0.1) is 23.7 Å². The topological polar surface area (TPSA) is 115 Å². The fraction of sp³-hybridized carbons (Fsp3) is 0.720. The zero-order valence-electron chi connectivity index (χ0n) is 20.1. The molecule has 4 bridgehead atoms. The van der Waals surface area contributed by atoms with Gasteiger partial charge in [0.2, 0.25) is 0 Å². The Hall–Kier alpha value is -2.06. The fourth-order valence-corrected chi connectivity index (χ4v) is 7.72. The van der Waals surface area contributed by atoms with Crippen molar-refractivity contribution in [2.24, 2.45) is 23.7 Å². The van der Waals surface area contributed by atoms with Gasteiger partial charge in [0.1, 0.15) is 5.82 Å². The van der Waals surface area contributed by atoms with Gasteiger partial charge < -0.3 is 25.7 Å². The highest BCUT2D eigenvalue weighted by Crippen LogP contribution is 2.60. The van der Waals surface area contributed by atoms with E-state index in [0.717, 1.165) is 32.1 Å². The summed E-state index contributed by atoms with van der Waals surface area (Å²) in [5.74, 6) is 1.56. The van der Waals surface area contributed by atoms with Crippen LogP contribution < -0.4 is 10.6 Å². The van der Waals surface area contributed by atoms with Crippen LogP contribution in [0.15, 0.2) is 12.3 Å². The Morgan fingerprint density at radius 2 is 1.88 bits per heavy atom. The van der Waals surface area contributed by atoms with Crippen LogP contribution in [0.2, 0.25) is 5.02 Å². The molecule has 4 aliphatic carbocycles. The number of carbonyl (C=O) groups is 2. The lowest BCUT2D eigenvalue weighted by molar-refractivity contribution is -0.162. The molecular weight excluding hydrogens is 456 g/mol. The Kier molecular flexibility index (Phi) is 5.75. The first kappa shape index (κ1) is 23.7. The number of amides is 2. The molecule has 0 radical (unpaired) electrons. The van der Waals surface area contributed by atoms with Crippen molar-refractivity contribution in [3.8, 4) is 0 Å². The van der Waals surface area contributed by atoms with Crippen LogP contribution in [0.3, 0.4) is 0 Å². The first-order valence-electron chi connectivity index (χ1n) is 12.4. The Morgan fingerprint density at radius 3 is 2.47 bits per heavy atom. The van der Waals surface area contributed by atoms with Crippen molar-refractivity contribution in [2.45, 2.75) is 82.5 Å². The fourth-order valence-electron chi connectivity index (χ4n) is 7.56. The zero-order valence-corrected chi connectivity index (χ0v) is 20.8. The van der Waals surface area contributed by atoms with E-state index in [9.17, 15) is 19.8 Å². The van der Waals surface area contributed by atoms with Gasteiger partial charge in [-0.15, -0.1) is 0 Å². The minimum absolute atomic E-state index is 0.164. The molecule has 1 aliphatic heterocycles. The number of nitrogens with one attached hydrogen (secondary N) is 2. The molecule has 186 valence electrons. The third kappa shape index (κ3) is 4.35. The number of pyridine rings is 1. The highest BCUT2D eigenvalue weighted by atomic mass is 35.5. The van der Waals surface area contributed by atoms with E-state index in [1.807, 2.05) is 20.8 Å². The molecule has 9 heteroatoms. The number of carbonyl (C=O) groups excluding carboxylic acids is 1. The van der Waals surface area contributed by atoms with Crippen LogP contribution in [-0.4, -0.2) is 61.9 Å². The predicted molar refractivity (Wildman–Crippen MR) is 129 cm³/mol. The second-order valence-electron chi connectivity index (χ2n) is 12.0. The lowest BCUT2D eigenvalue weighted by atomic mass is 9.48. The minimum atomic E-state index is -0.906. The standard InChI is InChI=1S/C25H35ClN4O4/c1-24(2,3)29-22(31)17-8-16(26)12-27-21(17)28-18-4-5-30(23(32)33)20(18)19-14-6-13-7-15(19)11-25(34,9-13)10-14/h8,12-15,18-20,34H,4-7,9-11H2,1-3H3,(H,27,28)(H,29,31)(H,32,33)/t13?,14-,15?,18?,19?,20-,25?/m0/s1. The molecule has 5 unspecified atom stereocenters. The predicted octanol–water partition coefficient (Wildman–Crippen LogP) is 3.98. The van der Waals surface area contributed by atoms with Gasteiger partial charge in [-0.05, 0) is 89.0 Å². The molecule has 2 heterocycles. The molecule has 6 rings (SSSR count). The van der Waals surface area contributed by atoms with E-state index in [1.54, 1.807) is 11.0 Å². The van der Waals surface area contributed by atoms with Crippen molar-refractivity contribution in [3.05, 3.63) is 22.8 Å². The van der Waals surface area contributed by atoms with Gasteiger partial charge in [-0.25, -0.2) is 9.78 Å². The summed E-state index contributed by atoms with van der Waals surface area (Å²) < 4.78 is 0. The molecule has 8 nitrogen and oxygen atoms in total. The van der Waals surface area contributed by atoms with Crippen LogP contribution >= 0.6 is 11.6 Å². The summed E-state index contributed by atoms with van der Waals surface area (Å²) in [4.78, 5) is 31.3. The summed E-state index contributed by atoms with van der Waals surface area (Å²) in [6.07, 6.45) is 5.80. The number of rotatable bonds is 4. The van der Waals surface area contributed by atoms with Crippen LogP contribution in [0.1, 0.15) is 69.7 Å². The van der Waals surface area contributed by atoms with Crippen LogP contribution in [0.5, 0.6) is 0 Å². The molecule has 4 saturated carbocycles. The zero-order chi connectivity index (χ0) is 24.4. The molecule has 7 atom stereocenters. The highest BCUT2D eigenvalue weighted by molar-refractivity contribution is 6.31. The second-order valence-corrected chi connectivity index (χ2v) is 12.5. The van der Waals surface area contributed by atoms with Crippen molar-refractivity contribution in [3.63, 3.8) is 0 Å². The van der Waals surface area contributed by atoms with Gasteiger partial charge in [0.05, 0.1) is 28.3 Å². The molecule has 0 spiro atoms. The lowest BCUT2D eigenvalue weighted by Crippen LogP contribution is -2.61. The number of hydrogen-bond donors (Lipinski definition) is 4. The van der Waals surface area contributed by atoms with Gasteiger partial charge in [0.25, 0.3) is 5.91 Å². The lowest BCUT2D eigenvalue weighted by Gasteiger charge is -2.60. The quantitative estimate of drug-likeness (QED) is 0.507. The van der Waals surface area contributed by atoms with Gasteiger partial charge in [-0.1, -0.05) is 11.6 Å². The Bertz CT molecular complexity index is 980. The molecule has 1 aromatic rings. The first-order chi connectivity index (χ1) is 15.9. The molecular formula is C25H35ClN4O4. The van der Waals surface area contributed by atoms with Crippen molar-refractivity contribution < 1.29 is 19.8 Å². The maximum Gasteiger partial charge on any atom is 0.407 e. The SMILES string of the molecule is CC(C)(C)NC(=O)c1cc(Cl)cnc1NC1CCN(C(=O)O)[C@@H]1C1C2CC3C[C@H]1CC(O)(C3)C2. The minimum Gasteiger partial charge on any atom is -0.465 e. The first-order valence-corrected chi connectivity index (χ1v) is 12.8. The molecule has 1 aromatic heterocycles. The van der Waals surface area contributed by atoms with Crippen LogP contribution in [0.4, 0.5) is 10.6 Å². The Balaban J connectivity index is 1.44. The van der Waals surface area contributed by atoms with Crippen LogP contribution in [0.25, 0.3) is 0 Å². The van der Waals surface area contributed by atoms with Gasteiger partial charge in [0, 0.05) is 18.3 Å². The number of nitrogens with zero attached hydrogens (tertiary/aromatic N) is 2. The average Bonchev–Trinajstić information content (AvgIpc) is 3.10. The van der Waals surface area contributed by atoms with Crippen molar-refractivity contribution in [2.75, 3.05) is 11.9 Å². The Labute approximate surface area is 205 Å². The number of halogens is 1. The number of hydrogen-bond acceptors (Lipinski definition) is 5. The van der Waals surface area contributed by atoms with E-state index in [-0.39, 0.29) is 23.9 Å². The number of carboxylic acid groups (broad SMARTS) is 1. The number of aliphatic hydroxyl groups is 1. The van der Waals surface area contributed by atoms with E-state index in [0.29, 0.717) is 47.1 Å². The summed E-state index contributed by atoms with van der Waals surface area (Å²) in [7, 11) is 0. The number of aromatic nitrogens is 1. The van der Waals surface area contributed by atoms with Gasteiger partial charge >= 0.3 is 6.09 Å². The molecule has 1 saturated heterocycles. The van der Waals surface area contributed by atoms with Crippen molar-refractivity contribution >= 4 is 29.4 Å². The molecule has 0 aromatic carbocycles. The largest absolute Gasteiger partial charge is 0.465 e. The van der Waals surface area contributed by atoms with E-state index < -0.39 is 17.2 Å². The molecule has 2 amide bonds. The maximum atomic E-state index is 13.0. The van der Waals surface area contributed by atoms with Crippen molar-refractivity contribution in [1.82, 2.24) is 15.2 Å². The molecule has 34 heavy (non-hydrogen) atoms. The third-order valence-electron chi connectivity index (χ3n) is 8.32. The van der Waals surface area contributed by atoms with E-state index in [1.165, 1.54) is 6.20 Å². The normalized spacial score (nSPS) is 36.6. The number of likely N-dealkylation sites (tertiary alicyclic amines) is 1. The van der Waals surface area contributed by atoms with E-state index >= 15 is 0 Å². The van der Waals surface area contributed by atoms with Gasteiger partial charge in [-0.3, -0.25) is 4.79 Å². The van der Waals surface area contributed by atoms with Gasteiger partial charge in [0.15, 0.2) is 0 Å². The summed E-state index contributed by atoms with van der Waals surface area (Å²) in [6, 6.07) is 1.23. The molecule has 4 N–H and O–H groups in total. The van der Waals surface area contributed by atoms with Gasteiger partial charge in [-0.2, -0.15) is 0 Å². The third-order valence-corrected chi connectivity index (χ3v) is 8.52. The Morgan fingerprint density at radius 1 is 1.21 bits per heavy atom. The maximum absolute atomic E-state index is 13.0. The van der Waals surface area contributed by atoms with Crippen molar-refractivity contribution in [1.29, 1.82) is 0 Å². The van der Waals surface area contributed by atoms with E-state index in [2.05, 4.69) is 15.6 Å². The summed E-state index contributed by atoms with van der Waals surface area (Å²) >= 11 is 6.18. The van der Waals surface area contributed by atoms with E-state index in [4.69, 9.17) is 11.6 Å². The second kappa shape index (κ2) is 8.26. The number of anilines is 1. The summed E-state index contributed by atoms with van der Waals surface area (Å²) in [5, 5.41) is 27.9. The monoisotopic (exact) mass is 490 g/mol. The van der Waals surface area contributed by atoms with Crippen LogP contribution in [-0.2, 0) is 0 Å². The summed E-state index contributed by atoms with van der Waals surface area (Å²) in [6.45, 7) is 6.18. The average molecular weight is 491 g/mol.